The Hall–Kier alpha value is -1.96. The zero-order valence-electron chi connectivity index (χ0n) is 36.3. The zero-order valence-corrected chi connectivity index (χ0v) is 37.2. The van der Waals surface area contributed by atoms with Gasteiger partial charge in [0, 0.05) is 13.0 Å². The third-order valence-electron chi connectivity index (χ3n) is 10.2. The molecule has 0 aliphatic heterocycles. The molecule has 0 aromatic heterocycles. The van der Waals surface area contributed by atoms with Gasteiger partial charge in [-0.15, -0.1) is 0 Å². The quantitative estimate of drug-likeness (QED) is 0.0151. The molecule has 0 amide bonds. The van der Waals surface area contributed by atoms with Crippen molar-refractivity contribution in [1.82, 2.24) is 0 Å². The number of allylic oxidation sites excluding steroid dienone is 10. The van der Waals surface area contributed by atoms with Crippen molar-refractivity contribution in [3.8, 4) is 0 Å². The lowest BCUT2D eigenvalue weighted by atomic mass is 9.85. The maximum Gasteiger partial charge on any atom is 0.472 e. The molecule has 0 aromatic rings. The number of carbonyl (C=O) groups is 1. The first-order chi connectivity index (χ1) is 28.5. The normalized spacial score (nSPS) is 23.1. The summed E-state index contributed by atoms with van der Waals surface area (Å²) in [7, 11) is -5.02. The SMILES string of the molecule is CC/C=C\C/C=C\C/C=C\C/C=C\C/C=C\CCCCCCOCC(COP(=O)(O)OC1C(O)C(O)C(O)C(O)C1O)OC(=O)CCCCCCCCCCCCCC. The van der Waals surface area contributed by atoms with Crippen molar-refractivity contribution in [2.75, 3.05) is 19.8 Å². The monoisotopic (exact) mass is 857 g/mol. The summed E-state index contributed by atoms with van der Waals surface area (Å²) in [5.41, 5.74) is 0. The first-order valence-electron chi connectivity index (χ1n) is 22.6. The smallest absolute Gasteiger partial charge is 0.457 e. The summed E-state index contributed by atoms with van der Waals surface area (Å²) in [5.74, 6) is -0.489. The van der Waals surface area contributed by atoms with Crippen LogP contribution in [0.3, 0.4) is 0 Å². The Kier molecular flexibility index (Phi) is 34.2. The third-order valence-corrected chi connectivity index (χ3v) is 11.1. The topological polar surface area (TPSA) is 192 Å². The molecule has 1 rings (SSSR count). The van der Waals surface area contributed by atoms with Crippen LogP contribution in [0.4, 0.5) is 0 Å². The lowest BCUT2D eigenvalue weighted by molar-refractivity contribution is -0.220. The second-order valence-corrected chi connectivity index (χ2v) is 16.9. The van der Waals surface area contributed by atoms with Crippen LogP contribution in [0, 0.1) is 0 Å². The molecule has 1 saturated carbocycles. The summed E-state index contributed by atoms with van der Waals surface area (Å²) in [6.07, 6.45) is 32.9. The molecule has 1 aliphatic carbocycles. The molecule has 0 spiro atoms. The number of esters is 1. The first-order valence-corrected chi connectivity index (χ1v) is 24.1. The Labute approximate surface area is 356 Å². The van der Waals surface area contributed by atoms with Crippen LogP contribution >= 0.6 is 7.82 Å². The number of aliphatic hydroxyl groups excluding tert-OH is 5. The lowest BCUT2D eigenvalue weighted by Gasteiger charge is -2.41. The molecule has 0 radical (unpaired) electrons. The number of hydrogen-bond acceptors (Lipinski definition) is 11. The Morgan fingerprint density at radius 1 is 0.559 bits per heavy atom. The molecule has 342 valence electrons. The predicted octanol–water partition coefficient (Wildman–Crippen LogP) is 9.03. The number of rotatable bonds is 37. The van der Waals surface area contributed by atoms with E-state index < -0.39 is 63.1 Å². The molecular formula is C46H81O12P. The fraction of sp³-hybridized carbons (Fsp3) is 0.761. The zero-order chi connectivity index (χ0) is 43.4. The molecule has 0 aromatic carbocycles. The summed E-state index contributed by atoms with van der Waals surface area (Å²) >= 11 is 0. The van der Waals surface area contributed by atoms with Crippen molar-refractivity contribution in [2.45, 2.75) is 204 Å². The highest BCUT2D eigenvalue weighted by atomic mass is 31.2. The molecule has 6 N–H and O–H groups in total. The molecule has 0 heterocycles. The van der Waals surface area contributed by atoms with E-state index in [1.54, 1.807) is 0 Å². The Balaban J connectivity index is 2.42. The molecule has 59 heavy (non-hydrogen) atoms. The van der Waals surface area contributed by atoms with Gasteiger partial charge in [0.15, 0.2) is 0 Å². The van der Waals surface area contributed by atoms with Crippen molar-refractivity contribution in [2.24, 2.45) is 0 Å². The first kappa shape index (κ1) is 55.1. The highest BCUT2D eigenvalue weighted by Crippen LogP contribution is 2.47. The van der Waals surface area contributed by atoms with E-state index in [9.17, 15) is 39.8 Å². The van der Waals surface area contributed by atoms with Gasteiger partial charge >= 0.3 is 13.8 Å². The average molecular weight is 857 g/mol. The number of hydrogen-bond donors (Lipinski definition) is 6. The summed E-state index contributed by atoms with van der Waals surface area (Å²) in [5, 5.41) is 50.1. The van der Waals surface area contributed by atoms with Gasteiger partial charge in [0.05, 0.1) is 13.2 Å². The summed E-state index contributed by atoms with van der Waals surface area (Å²) in [6, 6.07) is 0. The van der Waals surface area contributed by atoms with Gasteiger partial charge in [0.1, 0.15) is 42.7 Å². The van der Waals surface area contributed by atoms with E-state index in [1.165, 1.54) is 51.4 Å². The number of ether oxygens (including phenoxy) is 2. The number of phosphoric acid groups is 1. The van der Waals surface area contributed by atoms with Crippen LogP contribution in [0.1, 0.15) is 162 Å². The summed E-state index contributed by atoms with van der Waals surface area (Å²) in [4.78, 5) is 23.1. The Morgan fingerprint density at radius 3 is 1.53 bits per heavy atom. The fourth-order valence-corrected chi connectivity index (χ4v) is 7.53. The van der Waals surface area contributed by atoms with Gasteiger partial charge < -0.3 is 39.9 Å². The molecule has 6 atom stereocenters. The minimum atomic E-state index is -5.02. The van der Waals surface area contributed by atoms with E-state index in [2.05, 4.69) is 74.6 Å². The molecular weight excluding hydrogens is 775 g/mol. The second-order valence-electron chi connectivity index (χ2n) is 15.5. The molecule has 1 aliphatic rings. The molecule has 0 saturated heterocycles. The Morgan fingerprint density at radius 2 is 1.00 bits per heavy atom. The van der Waals surface area contributed by atoms with E-state index in [1.807, 2.05) is 0 Å². The minimum Gasteiger partial charge on any atom is -0.457 e. The van der Waals surface area contributed by atoms with Gasteiger partial charge in [-0.3, -0.25) is 13.8 Å². The summed E-state index contributed by atoms with van der Waals surface area (Å²) < 4.78 is 34.1. The molecule has 1 fully saturated rings. The highest BCUT2D eigenvalue weighted by molar-refractivity contribution is 7.47. The maximum absolute atomic E-state index is 12.8. The van der Waals surface area contributed by atoms with E-state index in [-0.39, 0.29) is 13.0 Å². The largest absolute Gasteiger partial charge is 0.472 e. The van der Waals surface area contributed by atoms with Gasteiger partial charge in [-0.1, -0.05) is 158 Å². The number of unbranched alkanes of at least 4 members (excludes halogenated alkanes) is 15. The van der Waals surface area contributed by atoms with Gasteiger partial charge in [-0.25, -0.2) is 4.57 Å². The van der Waals surface area contributed by atoms with Crippen LogP contribution in [0.2, 0.25) is 0 Å². The lowest BCUT2D eigenvalue weighted by Crippen LogP contribution is -2.64. The average Bonchev–Trinajstić information content (AvgIpc) is 3.22. The van der Waals surface area contributed by atoms with Crippen LogP contribution in [0.5, 0.6) is 0 Å². The van der Waals surface area contributed by atoms with Crippen LogP contribution in [0.15, 0.2) is 60.8 Å². The second kappa shape index (κ2) is 36.7. The van der Waals surface area contributed by atoms with E-state index in [0.717, 1.165) is 83.5 Å². The maximum atomic E-state index is 12.8. The van der Waals surface area contributed by atoms with E-state index in [0.29, 0.717) is 13.0 Å². The standard InChI is InChI=1S/C46H81O12P/c1-3-5-7-9-11-13-15-17-18-19-20-21-22-23-24-26-28-30-32-34-36-55-37-39(57-40(47)35-33-31-29-27-25-16-14-12-10-8-6-4-2)38-56-59(53,54)58-46-44(51)42(49)41(48)43(50)45(46)52/h5,7,11,13,17-18,20-21,23-24,39,41-46,48-52H,3-4,6,8-10,12,14-16,19,22,25-38H2,1-2H3,(H,53,54)/b7-5-,13-11-,18-17-,21-20-,24-23-. The number of carbonyl (C=O) groups excluding carboxylic acids is 1. The van der Waals surface area contributed by atoms with Crippen molar-refractivity contribution >= 4 is 13.8 Å². The van der Waals surface area contributed by atoms with Gasteiger partial charge in [0.25, 0.3) is 0 Å². The Bertz CT molecular complexity index is 1200. The molecule has 12 nitrogen and oxygen atoms in total. The van der Waals surface area contributed by atoms with E-state index >= 15 is 0 Å². The summed E-state index contributed by atoms with van der Waals surface area (Å²) in [6.45, 7) is 4.07. The van der Waals surface area contributed by atoms with Gasteiger partial charge in [-0.05, 0) is 57.8 Å². The van der Waals surface area contributed by atoms with Crippen LogP contribution in [-0.4, -0.2) is 98.9 Å². The van der Waals surface area contributed by atoms with Crippen molar-refractivity contribution < 1.29 is 58.3 Å². The number of phosphoric ester groups is 1. The van der Waals surface area contributed by atoms with Gasteiger partial charge in [-0.2, -0.15) is 0 Å². The highest BCUT2D eigenvalue weighted by Gasteiger charge is 2.51. The van der Waals surface area contributed by atoms with Crippen molar-refractivity contribution in [3.63, 3.8) is 0 Å². The number of aliphatic hydroxyl groups is 5. The van der Waals surface area contributed by atoms with Crippen LogP contribution in [0.25, 0.3) is 0 Å². The van der Waals surface area contributed by atoms with Crippen LogP contribution in [-0.2, 0) is 27.9 Å². The van der Waals surface area contributed by atoms with Crippen molar-refractivity contribution in [3.05, 3.63) is 60.8 Å². The minimum absolute atomic E-state index is 0.0947. The molecule has 13 heteroatoms. The third kappa shape index (κ3) is 29.1. The predicted molar refractivity (Wildman–Crippen MR) is 235 cm³/mol. The van der Waals surface area contributed by atoms with Crippen LogP contribution < -0.4 is 0 Å². The van der Waals surface area contributed by atoms with E-state index in [4.69, 9.17) is 18.5 Å². The molecule has 6 unspecified atom stereocenters. The van der Waals surface area contributed by atoms with Gasteiger partial charge in [0.2, 0.25) is 0 Å². The fourth-order valence-electron chi connectivity index (χ4n) is 6.56. The van der Waals surface area contributed by atoms with Crippen molar-refractivity contribution in [1.29, 1.82) is 0 Å². The molecule has 0 bridgehead atoms.